The van der Waals surface area contributed by atoms with Crippen LogP contribution in [0.4, 0.5) is 17.2 Å². The Morgan fingerprint density at radius 3 is 2.55 bits per heavy atom. The number of amides is 1. The number of benzene rings is 2. The number of nitrogen functional groups attached to an aromatic ring is 2. The van der Waals surface area contributed by atoms with Gasteiger partial charge in [-0.25, -0.2) is 17.4 Å². The van der Waals surface area contributed by atoms with E-state index in [9.17, 15) is 13.2 Å². The first-order valence-electron chi connectivity index (χ1n) is 9.92. The van der Waals surface area contributed by atoms with Crippen molar-refractivity contribution in [1.82, 2.24) is 8.96 Å². The molecular weight excluding hydrogens is 438 g/mol. The van der Waals surface area contributed by atoms with Crippen molar-refractivity contribution < 1.29 is 13.2 Å². The Labute approximate surface area is 191 Å². The van der Waals surface area contributed by atoms with Crippen LogP contribution in [-0.4, -0.2) is 23.3 Å². The maximum Gasteiger partial charge on any atom is 0.267 e. The third-order valence-electron chi connectivity index (χ3n) is 4.87. The Morgan fingerprint density at radius 1 is 0.970 bits per heavy atom. The van der Waals surface area contributed by atoms with Crippen LogP contribution in [0, 0.1) is 0 Å². The number of nitrogens with two attached hydrogens (primary N) is 2. The molecule has 0 bridgehead atoms. The maximum atomic E-state index is 13.1. The summed E-state index contributed by atoms with van der Waals surface area (Å²) in [6.45, 7) is 0. The van der Waals surface area contributed by atoms with Gasteiger partial charge in [-0.05, 0) is 59.7 Å². The van der Waals surface area contributed by atoms with Crippen LogP contribution in [0.5, 0.6) is 0 Å². The molecule has 0 saturated heterocycles. The zero-order chi connectivity index (χ0) is 23.4. The van der Waals surface area contributed by atoms with Crippen LogP contribution < -0.4 is 16.8 Å². The summed E-state index contributed by atoms with van der Waals surface area (Å²) in [5.74, 6) is 0.00434. The van der Waals surface area contributed by atoms with Gasteiger partial charge in [0.1, 0.15) is 5.82 Å². The van der Waals surface area contributed by atoms with E-state index in [0.29, 0.717) is 28.3 Å². The lowest BCUT2D eigenvalue weighted by molar-refractivity contribution is -0.111. The topological polar surface area (TPSA) is 133 Å². The highest BCUT2D eigenvalue weighted by Crippen LogP contribution is 2.24. The van der Waals surface area contributed by atoms with Crippen LogP contribution in [0.1, 0.15) is 5.56 Å². The highest BCUT2D eigenvalue weighted by atomic mass is 32.2. The molecule has 2 aromatic carbocycles. The van der Waals surface area contributed by atoms with E-state index in [1.807, 2.05) is 0 Å². The Morgan fingerprint density at radius 2 is 1.79 bits per heavy atom. The number of carbonyl (C=O) groups is 1. The van der Waals surface area contributed by atoms with Crippen LogP contribution in [0.3, 0.4) is 0 Å². The average molecular weight is 460 g/mol. The van der Waals surface area contributed by atoms with E-state index < -0.39 is 10.0 Å². The summed E-state index contributed by atoms with van der Waals surface area (Å²) in [4.78, 5) is 16.3. The van der Waals surface area contributed by atoms with Gasteiger partial charge < -0.3 is 16.8 Å². The van der Waals surface area contributed by atoms with Gasteiger partial charge in [-0.3, -0.25) is 4.79 Å². The van der Waals surface area contributed by atoms with Crippen LogP contribution in [0.15, 0.2) is 96.3 Å². The molecule has 33 heavy (non-hydrogen) atoms. The lowest BCUT2D eigenvalue weighted by atomic mass is 10.1. The molecule has 2 aromatic heterocycles. The van der Waals surface area contributed by atoms with Gasteiger partial charge in [0.25, 0.3) is 10.0 Å². The minimum absolute atomic E-state index is 0.125. The van der Waals surface area contributed by atoms with E-state index in [-0.39, 0.29) is 10.8 Å². The number of hydrogen-bond acceptors (Lipinski definition) is 6. The van der Waals surface area contributed by atoms with E-state index in [4.69, 9.17) is 11.5 Å². The summed E-state index contributed by atoms with van der Waals surface area (Å²) >= 11 is 0. The first-order valence-corrected chi connectivity index (χ1v) is 11.4. The summed E-state index contributed by atoms with van der Waals surface area (Å²) in [5, 5.41) is 2.68. The minimum atomic E-state index is -3.83. The molecule has 0 spiro atoms. The number of carbonyl (C=O) groups excluding carboxylic acids is 1. The Bertz CT molecular complexity index is 1440. The number of nitrogens with zero attached hydrogens (tertiary/aromatic N) is 2. The smallest absolute Gasteiger partial charge is 0.267 e. The summed E-state index contributed by atoms with van der Waals surface area (Å²) in [7, 11) is -3.83. The molecule has 9 heteroatoms. The van der Waals surface area contributed by atoms with E-state index in [2.05, 4.69) is 10.3 Å². The molecule has 5 N–H and O–H groups in total. The van der Waals surface area contributed by atoms with Gasteiger partial charge in [-0.2, -0.15) is 0 Å². The molecule has 0 aliphatic heterocycles. The summed E-state index contributed by atoms with van der Waals surface area (Å²) in [6.07, 6.45) is 7.30. The average Bonchev–Trinajstić information content (AvgIpc) is 3.30. The number of nitrogens with one attached hydrogen (secondary N) is 1. The van der Waals surface area contributed by atoms with E-state index in [1.165, 1.54) is 30.6 Å². The van der Waals surface area contributed by atoms with Crippen LogP contribution in [-0.2, 0) is 14.8 Å². The Hall–Kier alpha value is -4.37. The molecule has 0 radical (unpaired) electrons. The van der Waals surface area contributed by atoms with Crippen molar-refractivity contribution in [3.05, 3.63) is 97.0 Å². The van der Waals surface area contributed by atoms with Crippen LogP contribution in [0.25, 0.3) is 17.2 Å². The standard InChI is InChI=1S/C24H21N5O3S/c25-21-6-1-2-7-22(21)28-24(30)11-8-17-12-13-29(16-17)33(31,32)20-5-3-4-18(14-20)19-9-10-23(26)27-15-19/h1-16H,25H2,(H2,26,27)(H,28,30)/b11-8+. The highest BCUT2D eigenvalue weighted by Gasteiger charge is 2.17. The lowest BCUT2D eigenvalue weighted by Gasteiger charge is -2.08. The van der Waals surface area contributed by atoms with Gasteiger partial charge in [0.15, 0.2) is 0 Å². The lowest BCUT2D eigenvalue weighted by Crippen LogP contribution is -2.11. The van der Waals surface area contributed by atoms with Gasteiger partial charge in [-0.15, -0.1) is 0 Å². The number of rotatable bonds is 6. The van der Waals surface area contributed by atoms with Gasteiger partial charge in [-0.1, -0.05) is 24.3 Å². The zero-order valence-corrected chi connectivity index (χ0v) is 18.2. The van der Waals surface area contributed by atoms with Crippen molar-refractivity contribution in [3.8, 4) is 11.1 Å². The van der Waals surface area contributed by atoms with Crippen molar-refractivity contribution in [2.24, 2.45) is 0 Å². The monoisotopic (exact) mass is 459 g/mol. The maximum absolute atomic E-state index is 13.1. The molecule has 2 heterocycles. The van der Waals surface area contributed by atoms with Gasteiger partial charge in [0.2, 0.25) is 5.91 Å². The molecule has 166 valence electrons. The fourth-order valence-corrected chi connectivity index (χ4v) is 4.38. The molecule has 0 atom stereocenters. The van der Waals surface area contributed by atoms with Crippen LogP contribution in [0.2, 0.25) is 0 Å². The third kappa shape index (κ3) is 4.94. The minimum Gasteiger partial charge on any atom is -0.397 e. The fourth-order valence-electron chi connectivity index (χ4n) is 3.13. The molecule has 0 unspecified atom stereocenters. The molecule has 1 amide bonds. The Kier molecular flexibility index (Phi) is 5.97. The van der Waals surface area contributed by atoms with Gasteiger partial charge in [0, 0.05) is 30.2 Å². The number of aromatic nitrogens is 2. The molecule has 8 nitrogen and oxygen atoms in total. The van der Waals surface area contributed by atoms with Crippen molar-refractivity contribution >= 4 is 39.2 Å². The number of pyridine rings is 1. The third-order valence-corrected chi connectivity index (χ3v) is 6.50. The normalized spacial score (nSPS) is 11.5. The SMILES string of the molecule is Nc1ccc(-c2cccc(S(=O)(=O)n3ccc(/C=C/C(=O)Nc4ccccc4N)c3)c2)cn1. The fraction of sp³-hybridized carbons (Fsp3) is 0. The first-order chi connectivity index (χ1) is 15.8. The molecule has 4 rings (SSSR count). The van der Waals surface area contributed by atoms with Crippen molar-refractivity contribution in [2.75, 3.05) is 16.8 Å². The van der Waals surface area contributed by atoms with Crippen molar-refractivity contribution in [2.45, 2.75) is 4.90 Å². The number of para-hydroxylation sites is 2. The summed E-state index contributed by atoms with van der Waals surface area (Å²) in [6, 6.07) is 18.5. The van der Waals surface area contributed by atoms with Gasteiger partial charge in [0.05, 0.1) is 16.3 Å². The zero-order valence-electron chi connectivity index (χ0n) is 17.4. The molecular formula is C24H21N5O3S. The number of hydrogen-bond donors (Lipinski definition) is 3. The van der Waals surface area contributed by atoms with Crippen molar-refractivity contribution in [1.29, 1.82) is 0 Å². The largest absolute Gasteiger partial charge is 0.397 e. The summed E-state index contributed by atoms with van der Waals surface area (Å²) in [5.41, 5.74) is 14.4. The second-order valence-electron chi connectivity index (χ2n) is 7.19. The molecule has 0 aliphatic rings. The van der Waals surface area contributed by atoms with E-state index in [1.54, 1.807) is 66.9 Å². The molecule has 4 aromatic rings. The van der Waals surface area contributed by atoms with Crippen LogP contribution >= 0.6 is 0 Å². The van der Waals surface area contributed by atoms with E-state index >= 15 is 0 Å². The van der Waals surface area contributed by atoms with Gasteiger partial charge >= 0.3 is 0 Å². The molecule has 0 aliphatic carbocycles. The second-order valence-corrected chi connectivity index (χ2v) is 9.03. The quantitative estimate of drug-likeness (QED) is 0.298. The summed E-state index contributed by atoms with van der Waals surface area (Å²) < 4.78 is 27.3. The van der Waals surface area contributed by atoms with Crippen molar-refractivity contribution in [3.63, 3.8) is 0 Å². The predicted octanol–water partition coefficient (Wildman–Crippen LogP) is 3.60. The van der Waals surface area contributed by atoms with E-state index in [0.717, 1.165) is 9.54 Å². The molecule has 0 fully saturated rings. The predicted molar refractivity (Wildman–Crippen MR) is 130 cm³/mol. The molecule has 0 saturated carbocycles. The highest BCUT2D eigenvalue weighted by molar-refractivity contribution is 7.90. The number of anilines is 3. The Balaban J connectivity index is 1.52. The second kappa shape index (κ2) is 9.01. The first kappa shape index (κ1) is 21.8.